The Morgan fingerprint density at radius 3 is 0.810 bits per heavy atom. The number of carbonyl (C=O) groups excluding carboxylic acids is 1. The van der Waals surface area contributed by atoms with Crippen LogP contribution in [0.3, 0.4) is 0 Å². The third-order valence-electron chi connectivity index (χ3n) is 0.348. The SMILES string of the molecule is CCOC(C)=O.ClCCl.ClCCl.ClCCl.ClCCl.ClCCl. The van der Waals surface area contributed by atoms with Crippen molar-refractivity contribution in [3.8, 4) is 0 Å². The van der Waals surface area contributed by atoms with Crippen molar-refractivity contribution >= 4 is 122 Å². The lowest BCUT2D eigenvalue weighted by molar-refractivity contribution is -0.140. The lowest BCUT2D eigenvalue weighted by atomic mass is 10.8. The van der Waals surface area contributed by atoms with E-state index in [4.69, 9.17) is 116 Å². The Hall–Kier alpha value is 2.37. The molecule has 0 saturated carbocycles. The van der Waals surface area contributed by atoms with Crippen molar-refractivity contribution in [1.29, 1.82) is 0 Å². The average Bonchev–Trinajstić information content (AvgIpc) is 2.33. The number of alkyl halides is 10. The summed E-state index contributed by atoms with van der Waals surface area (Å²) >= 11 is 47.6. The van der Waals surface area contributed by atoms with E-state index in [2.05, 4.69) is 4.74 Å². The number of hydrogen-bond acceptors (Lipinski definition) is 2. The molecule has 0 radical (unpaired) electrons. The van der Waals surface area contributed by atoms with Crippen LogP contribution in [0, 0.1) is 0 Å². The van der Waals surface area contributed by atoms with Crippen molar-refractivity contribution in [1.82, 2.24) is 0 Å². The minimum atomic E-state index is -0.211. The maximum atomic E-state index is 9.82. The van der Waals surface area contributed by atoms with Gasteiger partial charge in [-0.2, -0.15) is 0 Å². The van der Waals surface area contributed by atoms with Gasteiger partial charge in [-0.25, -0.2) is 0 Å². The molecule has 0 aromatic carbocycles. The van der Waals surface area contributed by atoms with Gasteiger partial charge in [-0.05, 0) is 6.92 Å². The molecule has 0 bridgehead atoms. The minimum absolute atomic E-state index is 0.194. The van der Waals surface area contributed by atoms with E-state index in [0.29, 0.717) is 6.61 Å². The molecule has 0 heterocycles. The standard InChI is InChI=1S/C4H8O2.5CH2Cl2/c1-3-6-4(2)5;5*2-1-3/h3H2,1-2H3;5*1H2. The quantitative estimate of drug-likeness (QED) is 0.266. The summed E-state index contributed by atoms with van der Waals surface area (Å²) in [5.41, 5.74) is 0. The molecule has 0 aliphatic carbocycles. The number of rotatable bonds is 1. The fraction of sp³-hybridized carbons (Fsp3) is 0.889. The van der Waals surface area contributed by atoms with E-state index in [1.54, 1.807) is 6.92 Å². The fourth-order valence-corrected chi connectivity index (χ4v) is 0.203. The smallest absolute Gasteiger partial charge is 0.302 e. The van der Waals surface area contributed by atoms with E-state index < -0.39 is 0 Å². The topological polar surface area (TPSA) is 26.3 Å². The molecule has 0 spiro atoms. The van der Waals surface area contributed by atoms with Gasteiger partial charge in [0.2, 0.25) is 0 Å². The van der Waals surface area contributed by atoms with Crippen LogP contribution in [0.2, 0.25) is 0 Å². The van der Waals surface area contributed by atoms with Crippen molar-refractivity contribution in [2.75, 3.05) is 33.3 Å². The summed E-state index contributed by atoms with van der Waals surface area (Å²) in [7, 11) is 0. The van der Waals surface area contributed by atoms with Gasteiger partial charge in [0.15, 0.2) is 0 Å². The highest BCUT2D eigenvalue weighted by molar-refractivity contribution is 6.41. The van der Waals surface area contributed by atoms with E-state index in [0.717, 1.165) is 0 Å². The highest BCUT2D eigenvalue weighted by atomic mass is 35.5. The van der Waals surface area contributed by atoms with E-state index in [-0.39, 0.29) is 32.7 Å². The molecule has 12 heteroatoms. The monoisotopic (exact) mass is 508 g/mol. The molecule has 2 nitrogen and oxygen atoms in total. The molecule has 0 aromatic rings. The van der Waals surface area contributed by atoms with E-state index in [1.165, 1.54) is 6.92 Å². The van der Waals surface area contributed by atoms with Crippen LogP contribution in [0.15, 0.2) is 0 Å². The van der Waals surface area contributed by atoms with Crippen LogP contribution in [0.25, 0.3) is 0 Å². The molecule has 0 unspecified atom stereocenters. The summed E-state index contributed by atoms with van der Waals surface area (Å²) in [6.07, 6.45) is 0. The van der Waals surface area contributed by atoms with E-state index >= 15 is 0 Å². The zero-order valence-corrected chi connectivity index (χ0v) is 18.9. The first-order valence-corrected chi connectivity index (χ1v) is 9.92. The summed E-state index contributed by atoms with van der Waals surface area (Å²) in [5.74, 6) is -0.211. The first-order chi connectivity index (χ1) is 9.84. The zero-order chi connectivity index (χ0) is 18.5. The van der Waals surface area contributed by atoms with Gasteiger partial charge in [0, 0.05) is 6.92 Å². The van der Waals surface area contributed by atoms with Crippen molar-refractivity contribution in [3.63, 3.8) is 0 Å². The first kappa shape index (κ1) is 38.8. The molecule has 0 atom stereocenters. The average molecular weight is 513 g/mol. The summed E-state index contributed by atoms with van der Waals surface area (Å²) in [6.45, 7) is 3.65. The Kier molecular flexibility index (Phi) is 123. The van der Waals surface area contributed by atoms with E-state index in [9.17, 15) is 4.79 Å². The zero-order valence-electron chi connectivity index (χ0n) is 11.3. The van der Waals surface area contributed by atoms with Gasteiger partial charge in [-0.15, -0.1) is 116 Å². The van der Waals surface area contributed by atoms with Crippen LogP contribution in [-0.4, -0.2) is 39.3 Å². The minimum Gasteiger partial charge on any atom is -0.466 e. The number of ether oxygens (including phenoxy) is 1. The Morgan fingerprint density at radius 1 is 0.667 bits per heavy atom. The van der Waals surface area contributed by atoms with E-state index in [1.807, 2.05) is 0 Å². The molecule has 0 aliphatic rings. The van der Waals surface area contributed by atoms with Crippen molar-refractivity contribution < 1.29 is 9.53 Å². The van der Waals surface area contributed by atoms with Crippen LogP contribution < -0.4 is 0 Å². The first-order valence-electron chi connectivity index (χ1n) is 4.58. The maximum absolute atomic E-state index is 9.82. The fourth-order valence-electron chi connectivity index (χ4n) is 0.203. The molecular formula is C9H18Cl10O2. The van der Waals surface area contributed by atoms with Crippen molar-refractivity contribution in [2.45, 2.75) is 13.8 Å². The Morgan fingerprint density at radius 2 is 0.810 bits per heavy atom. The molecule has 0 N–H and O–H groups in total. The number of halogens is 10. The predicted molar refractivity (Wildman–Crippen MR) is 105 cm³/mol. The summed E-state index contributed by atoms with van der Waals surface area (Å²) < 4.78 is 4.40. The normalized spacial score (nSPS) is 6.48. The van der Waals surface area contributed by atoms with Gasteiger partial charge in [0.25, 0.3) is 0 Å². The van der Waals surface area contributed by atoms with Crippen LogP contribution in [0.1, 0.15) is 13.8 Å². The molecule has 0 saturated heterocycles. The van der Waals surface area contributed by atoms with Gasteiger partial charge in [0.05, 0.1) is 33.3 Å². The number of hydrogen-bond donors (Lipinski definition) is 0. The molecule has 0 aliphatic heterocycles. The molecular weight excluding hydrogens is 495 g/mol. The van der Waals surface area contributed by atoms with Gasteiger partial charge in [-0.1, -0.05) is 0 Å². The Bertz CT molecular complexity index is 109. The highest BCUT2D eigenvalue weighted by Gasteiger charge is 1.81. The maximum Gasteiger partial charge on any atom is 0.302 e. The van der Waals surface area contributed by atoms with Crippen LogP contribution in [-0.2, 0) is 9.53 Å². The Labute approximate surface area is 177 Å². The molecule has 0 rings (SSSR count). The molecule has 0 fully saturated rings. The number of carbonyl (C=O) groups is 1. The Balaban J connectivity index is -0.0000000333. The van der Waals surface area contributed by atoms with Crippen molar-refractivity contribution in [3.05, 3.63) is 0 Å². The predicted octanol–water partition coefficient (Wildman–Crippen LogP) is 7.68. The lowest BCUT2D eigenvalue weighted by Crippen LogP contribution is -1.95. The third-order valence-corrected chi connectivity index (χ3v) is 0.348. The van der Waals surface area contributed by atoms with Crippen LogP contribution >= 0.6 is 116 Å². The number of esters is 1. The second-order valence-electron chi connectivity index (χ2n) is 1.43. The third kappa shape index (κ3) is 322. The lowest BCUT2D eigenvalue weighted by Gasteiger charge is -1.89. The largest absolute Gasteiger partial charge is 0.466 e. The molecule has 0 aromatic heterocycles. The molecule has 0 amide bonds. The van der Waals surface area contributed by atoms with Gasteiger partial charge in [-0.3, -0.25) is 4.79 Å². The van der Waals surface area contributed by atoms with Crippen molar-refractivity contribution in [2.24, 2.45) is 0 Å². The summed E-state index contributed by atoms with van der Waals surface area (Å²) in [4.78, 5) is 9.82. The van der Waals surface area contributed by atoms with Gasteiger partial charge >= 0.3 is 5.97 Å². The summed E-state index contributed by atoms with van der Waals surface area (Å²) in [6, 6.07) is 0. The van der Waals surface area contributed by atoms with Crippen LogP contribution in [0.5, 0.6) is 0 Å². The van der Waals surface area contributed by atoms with Crippen LogP contribution in [0.4, 0.5) is 0 Å². The summed E-state index contributed by atoms with van der Waals surface area (Å²) in [5, 5.41) is 0.972. The van der Waals surface area contributed by atoms with Gasteiger partial charge < -0.3 is 4.74 Å². The van der Waals surface area contributed by atoms with Gasteiger partial charge in [0.1, 0.15) is 0 Å². The second-order valence-corrected chi connectivity index (χ2v) is 5.47. The molecule has 136 valence electrons. The second kappa shape index (κ2) is 66.8. The molecule has 21 heavy (non-hydrogen) atoms. The highest BCUT2D eigenvalue weighted by Crippen LogP contribution is 1.74.